The maximum absolute atomic E-state index is 15.4. The van der Waals surface area contributed by atoms with Gasteiger partial charge in [0.1, 0.15) is 23.7 Å². The molecule has 1 aliphatic rings. The average molecular weight is 619 g/mol. The molecule has 1 fully saturated rings. The Balaban J connectivity index is 1.20. The largest absolute Gasteiger partial charge is 0.287 e. The number of piperazine rings is 1. The molecular formula is C34H32F2N10. The van der Waals surface area contributed by atoms with Crippen LogP contribution in [0.5, 0.6) is 0 Å². The fraction of sp³-hybridized carbons (Fsp3) is 0.235. The zero-order chi connectivity index (χ0) is 31.3. The summed E-state index contributed by atoms with van der Waals surface area (Å²) in [5.74, 6) is 0.460. The fourth-order valence-corrected chi connectivity index (χ4v) is 6.20. The first-order valence-electron chi connectivity index (χ1n) is 15.2. The Kier molecular flexibility index (Phi) is 8.61. The molecule has 0 spiro atoms. The van der Waals surface area contributed by atoms with E-state index < -0.39 is 12.1 Å². The number of hydrogen-bond acceptors (Lipinski definition) is 8. The van der Waals surface area contributed by atoms with Crippen LogP contribution >= 0.6 is 0 Å². The first kappa shape index (κ1) is 29.5. The van der Waals surface area contributed by atoms with Crippen molar-refractivity contribution in [1.82, 2.24) is 50.2 Å². The molecule has 0 radical (unpaired) electrons. The van der Waals surface area contributed by atoms with Crippen molar-refractivity contribution in [1.29, 1.82) is 0 Å². The molecule has 0 amide bonds. The smallest absolute Gasteiger partial charge is 0.173 e. The van der Waals surface area contributed by atoms with Gasteiger partial charge in [0, 0.05) is 37.3 Å². The minimum atomic E-state index is -0.530. The molecule has 0 unspecified atom stereocenters. The molecule has 0 bridgehead atoms. The highest BCUT2D eigenvalue weighted by Gasteiger charge is 2.36. The number of tetrazole rings is 2. The predicted molar refractivity (Wildman–Crippen MR) is 166 cm³/mol. The molecule has 1 aliphatic heterocycles. The number of nitrogens with zero attached hydrogens (tertiary/aromatic N) is 10. The van der Waals surface area contributed by atoms with Gasteiger partial charge in [-0.25, -0.2) is 18.1 Å². The zero-order valence-electron chi connectivity index (χ0n) is 25.0. The van der Waals surface area contributed by atoms with Gasteiger partial charge < -0.3 is 0 Å². The molecule has 7 rings (SSSR count). The minimum Gasteiger partial charge on any atom is -0.287 e. The Hall–Kier alpha value is -5.20. The van der Waals surface area contributed by atoms with E-state index in [0.29, 0.717) is 62.0 Å². The molecule has 3 heterocycles. The van der Waals surface area contributed by atoms with Gasteiger partial charge in [0.05, 0.1) is 13.1 Å². The molecule has 2 aromatic heterocycles. The Bertz CT molecular complexity index is 1730. The van der Waals surface area contributed by atoms with Crippen LogP contribution in [0.1, 0.15) is 46.0 Å². The van der Waals surface area contributed by atoms with Crippen LogP contribution in [-0.2, 0) is 13.1 Å². The van der Waals surface area contributed by atoms with Crippen LogP contribution in [0.3, 0.4) is 0 Å². The lowest BCUT2D eigenvalue weighted by Gasteiger charge is -2.41. The maximum atomic E-state index is 15.4. The molecule has 6 aromatic rings. The topological polar surface area (TPSA) is 93.7 Å². The maximum Gasteiger partial charge on any atom is 0.173 e. The van der Waals surface area contributed by atoms with E-state index in [1.54, 1.807) is 33.6 Å². The molecule has 12 heteroatoms. The average Bonchev–Trinajstić information content (AvgIpc) is 3.74. The van der Waals surface area contributed by atoms with Crippen LogP contribution in [0.2, 0.25) is 0 Å². The lowest BCUT2D eigenvalue weighted by molar-refractivity contribution is 0.0805. The Labute approximate surface area is 264 Å². The van der Waals surface area contributed by atoms with Crippen LogP contribution in [-0.4, -0.2) is 76.4 Å². The van der Waals surface area contributed by atoms with E-state index >= 15 is 8.78 Å². The lowest BCUT2D eigenvalue weighted by atomic mass is 10.00. The van der Waals surface area contributed by atoms with Crippen molar-refractivity contribution in [2.24, 2.45) is 0 Å². The summed E-state index contributed by atoms with van der Waals surface area (Å²) in [6.07, 6.45) is 0. The summed E-state index contributed by atoms with van der Waals surface area (Å²) in [6.45, 7) is 3.08. The number of rotatable bonds is 10. The van der Waals surface area contributed by atoms with Gasteiger partial charge in [0.25, 0.3) is 0 Å². The molecule has 232 valence electrons. The molecule has 0 saturated carbocycles. The predicted octanol–water partition coefficient (Wildman–Crippen LogP) is 4.53. The van der Waals surface area contributed by atoms with Crippen LogP contribution < -0.4 is 0 Å². The van der Waals surface area contributed by atoms with E-state index in [2.05, 4.69) is 40.9 Å². The van der Waals surface area contributed by atoms with Crippen molar-refractivity contribution >= 4 is 0 Å². The van der Waals surface area contributed by atoms with Gasteiger partial charge in [-0.15, -0.1) is 10.2 Å². The Morgan fingerprint density at radius 2 is 0.870 bits per heavy atom. The quantitative estimate of drug-likeness (QED) is 0.221. The van der Waals surface area contributed by atoms with E-state index in [1.165, 1.54) is 12.1 Å². The van der Waals surface area contributed by atoms with E-state index in [9.17, 15) is 0 Å². The third-order valence-corrected chi connectivity index (χ3v) is 8.44. The Morgan fingerprint density at radius 3 is 1.26 bits per heavy atom. The van der Waals surface area contributed by atoms with Gasteiger partial charge in [-0.2, -0.15) is 0 Å². The second-order valence-corrected chi connectivity index (χ2v) is 11.3. The normalized spacial score (nSPS) is 15.5. The van der Waals surface area contributed by atoms with Crippen molar-refractivity contribution < 1.29 is 8.78 Å². The second-order valence-electron chi connectivity index (χ2n) is 11.3. The summed E-state index contributed by atoms with van der Waals surface area (Å²) in [5.41, 5.74) is 3.07. The molecular weight excluding hydrogens is 586 g/mol. The monoisotopic (exact) mass is 618 g/mol. The number of benzene rings is 4. The zero-order valence-corrected chi connectivity index (χ0v) is 25.0. The molecule has 2 atom stereocenters. The van der Waals surface area contributed by atoms with E-state index in [1.807, 2.05) is 72.8 Å². The highest BCUT2D eigenvalue weighted by molar-refractivity contribution is 5.29. The van der Waals surface area contributed by atoms with Crippen molar-refractivity contribution in [2.45, 2.75) is 25.2 Å². The van der Waals surface area contributed by atoms with Crippen molar-refractivity contribution in [3.8, 4) is 0 Å². The van der Waals surface area contributed by atoms with Gasteiger partial charge in [-0.1, -0.05) is 97.1 Å². The summed E-state index contributed by atoms with van der Waals surface area (Å²) in [6, 6.07) is 32.3. The van der Waals surface area contributed by atoms with Gasteiger partial charge in [-0.05, 0) is 44.1 Å². The third-order valence-electron chi connectivity index (χ3n) is 8.44. The van der Waals surface area contributed by atoms with Crippen LogP contribution in [0.25, 0.3) is 0 Å². The SMILES string of the molecule is Fc1ccccc1[C@H](c1nnnn1Cc1ccccc1)N1CCN([C@H](c2ccccc2F)c2nnnn2Cc2ccccc2)CC1. The summed E-state index contributed by atoms with van der Waals surface area (Å²) >= 11 is 0. The van der Waals surface area contributed by atoms with Gasteiger partial charge >= 0.3 is 0 Å². The molecule has 4 aromatic carbocycles. The van der Waals surface area contributed by atoms with Crippen LogP contribution in [0.4, 0.5) is 8.78 Å². The molecule has 0 N–H and O–H groups in total. The van der Waals surface area contributed by atoms with Crippen LogP contribution in [0.15, 0.2) is 109 Å². The number of hydrogen-bond donors (Lipinski definition) is 0. The summed E-state index contributed by atoms with van der Waals surface area (Å²) in [7, 11) is 0. The first-order valence-corrected chi connectivity index (χ1v) is 15.2. The second kappa shape index (κ2) is 13.4. The fourth-order valence-electron chi connectivity index (χ4n) is 6.20. The lowest BCUT2D eigenvalue weighted by Crippen LogP contribution is -2.50. The van der Waals surface area contributed by atoms with Crippen molar-refractivity contribution in [3.05, 3.63) is 155 Å². The summed E-state index contributed by atoms with van der Waals surface area (Å²) in [4.78, 5) is 4.38. The number of aromatic nitrogens is 8. The molecule has 0 aliphatic carbocycles. The number of halogens is 2. The van der Waals surface area contributed by atoms with E-state index in [0.717, 1.165) is 11.1 Å². The van der Waals surface area contributed by atoms with Crippen LogP contribution in [0, 0.1) is 11.6 Å². The van der Waals surface area contributed by atoms with E-state index in [-0.39, 0.29) is 11.6 Å². The minimum absolute atomic E-state index is 0.325. The molecule has 46 heavy (non-hydrogen) atoms. The highest BCUT2D eigenvalue weighted by atomic mass is 19.1. The van der Waals surface area contributed by atoms with Gasteiger partial charge in [0.2, 0.25) is 0 Å². The summed E-state index contributed by atoms with van der Waals surface area (Å²) in [5, 5.41) is 25.4. The first-order chi connectivity index (χ1) is 22.7. The van der Waals surface area contributed by atoms with E-state index in [4.69, 9.17) is 0 Å². The van der Waals surface area contributed by atoms with Crippen molar-refractivity contribution in [3.63, 3.8) is 0 Å². The molecule has 1 saturated heterocycles. The summed E-state index contributed by atoms with van der Waals surface area (Å²) < 4.78 is 34.4. The Morgan fingerprint density at radius 1 is 0.500 bits per heavy atom. The third kappa shape index (κ3) is 6.17. The molecule has 10 nitrogen and oxygen atoms in total. The van der Waals surface area contributed by atoms with Gasteiger partial charge in [-0.3, -0.25) is 9.80 Å². The highest BCUT2D eigenvalue weighted by Crippen LogP contribution is 2.34. The standard InChI is InChI=1S/C34H32F2N10/c35-29-17-9-7-15-27(29)31(33-37-39-41-45(33)23-25-11-3-1-4-12-25)43-19-21-44(22-20-43)32(28-16-8-10-18-30(28)36)34-38-40-42-46(34)24-26-13-5-2-6-14-26/h1-18,31-32H,19-24H2/t31-,32-/m1/s1. The van der Waals surface area contributed by atoms with Crippen molar-refractivity contribution in [2.75, 3.05) is 26.2 Å². The van der Waals surface area contributed by atoms with Gasteiger partial charge in [0.15, 0.2) is 11.6 Å².